The van der Waals surface area contributed by atoms with Crippen LogP contribution in [-0.4, -0.2) is 53.2 Å². The van der Waals surface area contributed by atoms with Crippen molar-refractivity contribution in [3.8, 4) is 11.3 Å². The lowest BCUT2D eigenvalue weighted by Gasteiger charge is -2.41. The van der Waals surface area contributed by atoms with Crippen molar-refractivity contribution >= 4 is 29.2 Å². The van der Waals surface area contributed by atoms with Gasteiger partial charge in [-0.05, 0) is 63.1 Å². The van der Waals surface area contributed by atoms with Gasteiger partial charge in [0.2, 0.25) is 5.95 Å². The average Bonchev–Trinajstić information content (AvgIpc) is 3.25. The highest BCUT2D eigenvalue weighted by Crippen LogP contribution is 2.31. The van der Waals surface area contributed by atoms with Crippen molar-refractivity contribution in [1.82, 2.24) is 15.0 Å². The molecule has 8 heteroatoms. The van der Waals surface area contributed by atoms with Gasteiger partial charge in [-0.2, -0.15) is 4.98 Å². The van der Waals surface area contributed by atoms with Crippen molar-refractivity contribution < 1.29 is 4.39 Å². The van der Waals surface area contributed by atoms with E-state index in [-0.39, 0.29) is 11.9 Å². The fourth-order valence-electron chi connectivity index (χ4n) is 4.80. The molecule has 0 spiro atoms. The van der Waals surface area contributed by atoms with Crippen molar-refractivity contribution in [2.75, 3.05) is 40.9 Å². The molecule has 0 saturated carbocycles. The smallest absolute Gasteiger partial charge is 0.228 e. The maximum Gasteiger partial charge on any atom is 0.228 e. The van der Waals surface area contributed by atoms with Crippen molar-refractivity contribution in [3.63, 3.8) is 0 Å². The van der Waals surface area contributed by atoms with Crippen LogP contribution in [-0.2, 0) is 0 Å². The Balaban J connectivity index is 1.47. The summed E-state index contributed by atoms with van der Waals surface area (Å²) in [4.78, 5) is 21.2. The quantitative estimate of drug-likeness (QED) is 0.537. The first kappa shape index (κ1) is 21.9. The van der Waals surface area contributed by atoms with Gasteiger partial charge in [0.05, 0.1) is 10.7 Å². The van der Waals surface area contributed by atoms with Crippen molar-refractivity contribution in [1.29, 1.82) is 0 Å². The maximum absolute atomic E-state index is 13.5. The van der Waals surface area contributed by atoms with E-state index in [0.29, 0.717) is 11.1 Å². The lowest BCUT2D eigenvalue weighted by atomic mass is 10.1. The lowest BCUT2D eigenvalue weighted by Crippen LogP contribution is -2.52. The number of hydrogen-bond acceptors (Lipinski definition) is 6. The number of halogens is 2. The lowest BCUT2D eigenvalue weighted by molar-refractivity contribution is 0.542. The highest BCUT2D eigenvalue weighted by molar-refractivity contribution is 6.32. The van der Waals surface area contributed by atoms with Gasteiger partial charge >= 0.3 is 0 Å². The molecule has 2 aliphatic rings. The number of benzene rings is 1. The van der Waals surface area contributed by atoms with E-state index in [1.165, 1.54) is 12.1 Å². The van der Waals surface area contributed by atoms with Crippen molar-refractivity contribution in [3.05, 3.63) is 59.5 Å². The number of aromatic nitrogens is 3. The molecule has 5 rings (SSSR count). The molecule has 1 aromatic carbocycles. The molecule has 172 valence electrons. The van der Waals surface area contributed by atoms with Gasteiger partial charge in [-0.25, -0.2) is 14.4 Å². The first-order chi connectivity index (χ1) is 16.0. The van der Waals surface area contributed by atoms with Crippen molar-refractivity contribution in [2.24, 2.45) is 0 Å². The van der Waals surface area contributed by atoms with E-state index < -0.39 is 0 Å². The van der Waals surface area contributed by atoms with Crippen LogP contribution in [0.25, 0.3) is 11.3 Å². The Labute approximate surface area is 199 Å². The molecule has 2 saturated heterocycles. The minimum Gasteiger partial charge on any atom is -0.352 e. The third kappa shape index (κ3) is 4.47. The number of hydrogen-bond donors (Lipinski definition) is 0. The third-order valence-corrected chi connectivity index (χ3v) is 6.91. The van der Waals surface area contributed by atoms with E-state index in [0.717, 1.165) is 67.9 Å². The zero-order valence-electron chi connectivity index (χ0n) is 19.0. The Morgan fingerprint density at radius 1 is 0.970 bits per heavy atom. The molecule has 0 radical (unpaired) electrons. The van der Waals surface area contributed by atoms with Gasteiger partial charge in [0, 0.05) is 56.1 Å². The van der Waals surface area contributed by atoms with Crippen LogP contribution in [0.5, 0.6) is 0 Å². The summed E-state index contributed by atoms with van der Waals surface area (Å²) in [5.41, 5.74) is 1.70. The van der Waals surface area contributed by atoms with E-state index in [4.69, 9.17) is 21.6 Å². The SMILES string of the molecule is CC1CN(c2ncccc2Cl)CCN1c1cc(-c2ccc(F)cc2)nc(N2CCCC2C)n1. The molecule has 0 bridgehead atoms. The second kappa shape index (κ2) is 9.14. The molecule has 33 heavy (non-hydrogen) atoms. The number of pyridine rings is 1. The molecule has 2 unspecified atom stereocenters. The van der Waals surface area contributed by atoms with Gasteiger partial charge in [0.15, 0.2) is 0 Å². The van der Waals surface area contributed by atoms with E-state index in [1.807, 2.05) is 18.2 Å². The summed E-state index contributed by atoms with van der Waals surface area (Å²) < 4.78 is 13.5. The largest absolute Gasteiger partial charge is 0.352 e. The molecular weight excluding hydrogens is 439 g/mol. The number of rotatable bonds is 4. The van der Waals surface area contributed by atoms with Crippen LogP contribution in [0.2, 0.25) is 5.02 Å². The van der Waals surface area contributed by atoms with Gasteiger partial charge in [-0.3, -0.25) is 0 Å². The molecule has 2 fully saturated rings. The standard InChI is InChI=1S/C25H28ClFN6/c1-17-5-4-12-33(17)25-29-22(19-7-9-20(27)10-8-19)15-23(30-25)32-14-13-31(16-18(32)2)24-21(26)6-3-11-28-24/h3,6-11,15,17-18H,4-5,12-14,16H2,1-2H3. The molecule has 2 atom stereocenters. The van der Waals surface area contributed by atoms with Crippen molar-refractivity contribution in [2.45, 2.75) is 38.8 Å². The fraction of sp³-hybridized carbons (Fsp3) is 0.400. The van der Waals surface area contributed by atoms with Crippen LogP contribution >= 0.6 is 11.6 Å². The summed E-state index contributed by atoms with van der Waals surface area (Å²) in [7, 11) is 0. The normalized spacial score (nSPS) is 21.0. The zero-order chi connectivity index (χ0) is 22.9. The Morgan fingerprint density at radius 3 is 2.48 bits per heavy atom. The molecular formula is C25H28ClFN6. The summed E-state index contributed by atoms with van der Waals surface area (Å²) in [5.74, 6) is 2.23. The van der Waals surface area contributed by atoms with Gasteiger partial charge in [0.1, 0.15) is 17.5 Å². The predicted octanol–water partition coefficient (Wildman–Crippen LogP) is 5.03. The first-order valence-electron chi connectivity index (χ1n) is 11.5. The van der Waals surface area contributed by atoms with E-state index in [1.54, 1.807) is 18.3 Å². The Morgan fingerprint density at radius 2 is 1.79 bits per heavy atom. The summed E-state index contributed by atoms with van der Waals surface area (Å²) >= 11 is 6.39. The monoisotopic (exact) mass is 466 g/mol. The van der Waals surface area contributed by atoms with E-state index in [2.05, 4.69) is 33.5 Å². The number of nitrogens with zero attached hydrogens (tertiary/aromatic N) is 6. The first-order valence-corrected chi connectivity index (χ1v) is 11.9. The van der Waals surface area contributed by atoms with Crippen LogP contribution in [0.15, 0.2) is 48.7 Å². The van der Waals surface area contributed by atoms with E-state index >= 15 is 0 Å². The second-order valence-corrected chi connectivity index (χ2v) is 9.31. The minimum absolute atomic E-state index is 0.205. The molecule has 2 aliphatic heterocycles. The van der Waals surface area contributed by atoms with Gasteiger partial charge in [-0.1, -0.05) is 11.6 Å². The number of piperazine rings is 1. The van der Waals surface area contributed by atoms with E-state index in [9.17, 15) is 4.39 Å². The summed E-state index contributed by atoms with van der Waals surface area (Å²) in [5, 5.41) is 0.670. The number of anilines is 3. The molecule has 0 amide bonds. The summed E-state index contributed by atoms with van der Waals surface area (Å²) in [6.07, 6.45) is 4.06. The average molecular weight is 467 g/mol. The Hall–Kier alpha value is -2.93. The molecule has 0 aliphatic carbocycles. The zero-order valence-corrected chi connectivity index (χ0v) is 19.7. The second-order valence-electron chi connectivity index (χ2n) is 8.90. The van der Waals surface area contributed by atoms with Crippen LogP contribution in [0.1, 0.15) is 26.7 Å². The Kier molecular flexibility index (Phi) is 6.06. The highest BCUT2D eigenvalue weighted by atomic mass is 35.5. The maximum atomic E-state index is 13.5. The van der Waals surface area contributed by atoms with Gasteiger partial charge in [-0.15, -0.1) is 0 Å². The third-order valence-electron chi connectivity index (χ3n) is 6.61. The molecule has 0 N–H and O–H groups in total. The van der Waals surface area contributed by atoms with Gasteiger partial charge < -0.3 is 14.7 Å². The van der Waals surface area contributed by atoms with Gasteiger partial charge in [0.25, 0.3) is 0 Å². The molecule has 3 aromatic rings. The Bertz CT molecular complexity index is 1120. The fourth-order valence-corrected chi connectivity index (χ4v) is 5.04. The molecule has 6 nitrogen and oxygen atoms in total. The van der Waals surface area contributed by atoms with Crippen LogP contribution in [0.4, 0.5) is 22.0 Å². The molecule has 2 aromatic heterocycles. The topological polar surface area (TPSA) is 48.4 Å². The van der Waals surface area contributed by atoms with Crippen LogP contribution < -0.4 is 14.7 Å². The minimum atomic E-state index is -0.251. The summed E-state index contributed by atoms with van der Waals surface area (Å²) in [6.45, 7) is 7.76. The van der Waals surface area contributed by atoms with Crippen LogP contribution in [0, 0.1) is 5.82 Å². The highest BCUT2D eigenvalue weighted by Gasteiger charge is 2.29. The predicted molar refractivity (Wildman–Crippen MR) is 132 cm³/mol. The summed E-state index contributed by atoms with van der Waals surface area (Å²) in [6, 6.07) is 12.9. The molecule has 4 heterocycles. The van der Waals surface area contributed by atoms with Crippen LogP contribution in [0.3, 0.4) is 0 Å².